The first kappa shape index (κ1) is 21.1. The molecule has 1 rings (SSSR count). The summed E-state index contributed by atoms with van der Waals surface area (Å²) in [5, 5.41) is 10.9. The van der Waals surface area contributed by atoms with Gasteiger partial charge in [0.2, 0.25) is 0 Å². The summed E-state index contributed by atoms with van der Waals surface area (Å²) in [6.07, 6.45) is 12.7. The molecule has 0 amide bonds. The quantitative estimate of drug-likeness (QED) is 0.386. The van der Waals surface area contributed by atoms with Gasteiger partial charge in [-0.1, -0.05) is 96.8 Å². The van der Waals surface area contributed by atoms with Crippen LogP contribution in [0.15, 0.2) is 12.1 Å². The van der Waals surface area contributed by atoms with Crippen molar-refractivity contribution in [1.29, 1.82) is 0 Å². The zero-order valence-corrected chi connectivity index (χ0v) is 16.8. The van der Waals surface area contributed by atoms with E-state index in [1.165, 1.54) is 80.9 Å². The number of benzene rings is 1. The van der Waals surface area contributed by atoms with Crippen LogP contribution in [0.5, 0.6) is 5.75 Å². The van der Waals surface area contributed by atoms with Crippen LogP contribution in [0.25, 0.3) is 0 Å². The molecular weight excluding hydrogens is 292 g/mol. The monoisotopic (exact) mass is 332 g/mol. The van der Waals surface area contributed by atoms with Crippen LogP contribution in [0, 0.1) is 6.92 Å². The van der Waals surface area contributed by atoms with Crippen LogP contribution in [-0.4, -0.2) is 5.11 Å². The molecule has 0 aromatic heterocycles. The second-order valence-corrected chi connectivity index (χ2v) is 7.79. The summed E-state index contributed by atoms with van der Waals surface area (Å²) in [4.78, 5) is 0. The van der Waals surface area contributed by atoms with Crippen molar-refractivity contribution in [2.24, 2.45) is 0 Å². The van der Waals surface area contributed by atoms with E-state index in [4.69, 9.17) is 0 Å². The first-order valence-corrected chi connectivity index (χ1v) is 10.3. The number of aryl methyl sites for hydroxylation is 1. The first-order chi connectivity index (χ1) is 11.5. The van der Waals surface area contributed by atoms with Crippen LogP contribution < -0.4 is 0 Å². The standard InChI is InChI=1S/C23H40O/c1-6-8-10-12-14-19(4)21-16-18(3)17-22(23(21)24)20(5)15-13-11-9-7-2/h16-17,19-20,24H,6-15H2,1-5H3. The van der Waals surface area contributed by atoms with Gasteiger partial charge in [-0.15, -0.1) is 0 Å². The molecule has 1 heteroatoms. The molecule has 0 aliphatic carbocycles. The Morgan fingerprint density at radius 1 is 0.750 bits per heavy atom. The summed E-state index contributed by atoms with van der Waals surface area (Å²) in [6, 6.07) is 4.40. The lowest BCUT2D eigenvalue weighted by atomic mass is 9.86. The molecule has 1 aromatic carbocycles. The Labute approximate surface area is 150 Å². The summed E-state index contributed by atoms with van der Waals surface area (Å²) < 4.78 is 0. The lowest BCUT2D eigenvalue weighted by Gasteiger charge is -2.20. The molecule has 0 aliphatic rings. The molecule has 0 radical (unpaired) electrons. The molecule has 1 N–H and O–H groups in total. The van der Waals surface area contributed by atoms with Crippen molar-refractivity contribution >= 4 is 0 Å². The minimum Gasteiger partial charge on any atom is -0.507 e. The minimum absolute atomic E-state index is 0.452. The first-order valence-electron chi connectivity index (χ1n) is 10.3. The highest BCUT2D eigenvalue weighted by molar-refractivity contribution is 5.46. The SMILES string of the molecule is CCCCCCC(C)c1cc(C)cc(C(C)CCCCCC)c1O. The number of hydrogen-bond donors (Lipinski definition) is 1. The number of phenolic OH excluding ortho intramolecular Hbond substituents is 1. The number of phenols is 1. The van der Waals surface area contributed by atoms with Gasteiger partial charge in [0.05, 0.1) is 0 Å². The third-order valence-corrected chi connectivity index (χ3v) is 5.36. The van der Waals surface area contributed by atoms with Gasteiger partial charge in [0.25, 0.3) is 0 Å². The van der Waals surface area contributed by atoms with Crippen molar-refractivity contribution in [3.8, 4) is 5.75 Å². The van der Waals surface area contributed by atoms with Gasteiger partial charge in [-0.2, -0.15) is 0 Å². The smallest absolute Gasteiger partial charge is 0.122 e. The maximum atomic E-state index is 10.9. The molecule has 0 bridgehead atoms. The Kier molecular flexibility index (Phi) is 10.1. The van der Waals surface area contributed by atoms with Gasteiger partial charge in [-0.25, -0.2) is 0 Å². The van der Waals surface area contributed by atoms with E-state index in [0.29, 0.717) is 17.6 Å². The second kappa shape index (κ2) is 11.6. The Hall–Kier alpha value is -0.980. The fraction of sp³-hybridized carbons (Fsp3) is 0.739. The van der Waals surface area contributed by atoms with Gasteiger partial charge in [0, 0.05) is 0 Å². The number of rotatable bonds is 12. The van der Waals surface area contributed by atoms with Crippen LogP contribution in [-0.2, 0) is 0 Å². The molecular formula is C23H40O. The topological polar surface area (TPSA) is 20.2 Å². The largest absolute Gasteiger partial charge is 0.507 e. The van der Waals surface area contributed by atoms with Crippen LogP contribution in [0.1, 0.15) is 120 Å². The average Bonchev–Trinajstić information content (AvgIpc) is 2.57. The predicted octanol–water partition coefficient (Wildman–Crippen LogP) is 7.85. The van der Waals surface area contributed by atoms with Crippen molar-refractivity contribution < 1.29 is 5.11 Å². The highest BCUT2D eigenvalue weighted by Crippen LogP contribution is 2.38. The molecule has 0 aliphatic heterocycles. The summed E-state index contributed by atoms with van der Waals surface area (Å²) in [6.45, 7) is 11.2. The van der Waals surface area contributed by atoms with Gasteiger partial charge in [-0.3, -0.25) is 0 Å². The van der Waals surface area contributed by atoms with E-state index >= 15 is 0 Å². The van der Waals surface area contributed by atoms with E-state index in [2.05, 4.69) is 46.8 Å². The second-order valence-electron chi connectivity index (χ2n) is 7.79. The third-order valence-electron chi connectivity index (χ3n) is 5.36. The number of unbranched alkanes of at least 4 members (excludes halogenated alkanes) is 6. The number of hydrogen-bond acceptors (Lipinski definition) is 1. The number of aromatic hydroxyl groups is 1. The van der Waals surface area contributed by atoms with Crippen molar-refractivity contribution in [2.75, 3.05) is 0 Å². The maximum Gasteiger partial charge on any atom is 0.122 e. The van der Waals surface area contributed by atoms with Crippen LogP contribution >= 0.6 is 0 Å². The summed E-state index contributed by atoms with van der Waals surface area (Å²) in [5.74, 6) is 1.48. The van der Waals surface area contributed by atoms with Crippen molar-refractivity contribution in [3.63, 3.8) is 0 Å². The fourth-order valence-corrected chi connectivity index (χ4v) is 3.65. The normalized spacial score (nSPS) is 13.9. The summed E-state index contributed by atoms with van der Waals surface area (Å²) >= 11 is 0. The van der Waals surface area contributed by atoms with Gasteiger partial charge in [-0.05, 0) is 42.7 Å². The van der Waals surface area contributed by atoms with Crippen LogP contribution in [0.4, 0.5) is 0 Å². The van der Waals surface area contributed by atoms with E-state index in [1.54, 1.807) is 0 Å². The van der Waals surface area contributed by atoms with Crippen LogP contribution in [0.3, 0.4) is 0 Å². The van der Waals surface area contributed by atoms with Crippen molar-refractivity contribution in [1.82, 2.24) is 0 Å². The molecule has 0 saturated carbocycles. The Morgan fingerprint density at radius 3 is 1.54 bits per heavy atom. The van der Waals surface area contributed by atoms with Gasteiger partial charge in [0.15, 0.2) is 0 Å². The van der Waals surface area contributed by atoms with Gasteiger partial charge in [0.1, 0.15) is 5.75 Å². The van der Waals surface area contributed by atoms with Crippen LogP contribution in [0.2, 0.25) is 0 Å². The molecule has 0 spiro atoms. The van der Waals surface area contributed by atoms with Crippen molar-refractivity contribution in [2.45, 2.75) is 111 Å². The molecule has 138 valence electrons. The fourth-order valence-electron chi connectivity index (χ4n) is 3.65. The molecule has 0 fully saturated rings. The minimum atomic E-state index is 0.452. The van der Waals surface area contributed by atoms with E-state index in [1.807, 2.05) is 0 Å². The van der Waals surface area contributed by atoms with E-state index < -0.39 is 0 Å². The third kappa shape index (κ3) is 6.87. The van der Waals surface area contributed by atoms with Crippen molar-refractivity contribution in [3.05, 3.63) is 28.8 Å². The maximum absolute atomic E-state index is 10.9. The molecule has 1 nitrogen and oxygen atoms in total. The Bertz CT molecular complexity index is 424. The molecule has 1 aromatic rings. The Balaban J connectivity index is 2.75. The molecule has 0 saturated heterocycles. The lowest BCUT2D eigenvalue weighted by Crippen LogP contribution is -2.01. The zero-order valence-electron chi connectivity index (χ0n) is 16.8. The Morgan fingerprint density at radius 2 is 1.17 bits per heavy atom. The average molecular weight is 333 g/mol. The molecule has 24 heavy (non-hydrogen) atoms. The predicted molar refractivity (Wildman–Crippen MR) is 107 cm³/mol. The van der Waals surface area contributed by atoms with E-state index in [9.17, 15) is 5.11 Å². The van der Waals surface area contributed by atoms with Gasteiger partial charge >= 0.3 is 0 Å². The van der Waals surface area contributed by atoms with E-state index in [-0.39, 0.29) is 0 Å². The van der Waals surface area contributed by atoms with Gasteiger partial charge < -0.3 is 5.11 Å². The highest BCUT2D eigenvalue weighted by atomic mass is 16.3. The summed E-state index contributed by atoms with van der Waals surface area (Å²) in [7, 11) is 0. The highest BCUT2D eigenvalue weighted by Gasteiger charge is 2.18. The molecule has 0 heterocycles. The lowest BCUT2D eigenvalue weighted by molar-refractivity contribution is 0.442. The zero-order chi connectivity index (χ0) is 17.9. The summed E-state index contributed by atoms with van der Waals surface area (Å²) in [5.41, 5.74) is 3.63. The molecule has 2 unspecified atom stereocenters. The molecule has 2 atom stereocenters. The van der Waals surface area contributed by atoms with E-state index in [0.717, 1.165) is 0 Å².